The number of phosphoric acid groups is 2. The molecule has 0 aromatic carbocycles. The van der Waals surface area contributed by atoms with Gasteiger partial charge in [0.2, 0.25) is 0 Å². The molecule has 462 valence electrons. The molecule has 0 aliphatic carbocycles. The summed E-state index contributed by atoms with van der Waals surface area (Å²) in [6, 6.07) is 0. The number of aliphatic hydroxyl groups excluding tert-OH is 1. The van der Waals surface area contributed by atoms with Gasteiger partial charge >= 0.3 is 39.5 Å². The molecule has 0 saturated heterocycles. The van der Waals surface area contributed by atoms with E-state index < -0.39 is 97.5 Å². The van der Waals surface area contributed by atoms with Crippen molar-refractivity contribution in [1.82, 2.24) is 0 Å². The molecule has 0 rings (SSSR count). The maximum Gasteiger partial charge on any atom is 0.472 e. The molecule has 0 bridgehead atoms. The van der Waals surface area contributed by atoms with Crippen molar-refractivity contribution in [3.63, 3.8) is 0 Å². The molecule has 0 spiro atoms. The number of hydrogen-bond donors (Lipinski definition) is 3. The molecule has 0 aliphatic rings. The average Bonchev–Trinajstić information content (AvgIpc) is 3.40. The molecule has 0 heterocycles. The summed E-state index contributed by atoms with van der Waals surface area (Å²) in [4.78, 5) is 71.8. The summed E-state index contributed by atoms with van der Waals surface area (Å²) in [5.74, 6) is -1.44. The van der Waals surface area contributed by atoms with E-state index in [0.717, 1.165) is 103 Å². The van der Waals surface area contributed by atoms with Gasteiger partial charge < -0.3 is 33.8 Å². The number of phosphoric ester groups is 2. The van der Waals surface area contributed by atoms with Crippen LogP contribution in [0.2, 0.25) is 0 Å². The van der Waals surface area contributed by atoms with Gasteiger partial charge in [0, 0.05) is 25.7 Å². The second-order valence-corrected chi connectivity index (χ2v) is 24.8. The quantitative estimate of drug-likeness (QED) is 0.0222. The lowest BCUT2D eigenvalue weighted by molar-refractivity contribution is -0.161. The first-order valence-electron chi connectivity index (χ1n) is 31.1. The minimum absolute atomic E-state index is 0.105. The molecule has 0 saturated carbocycles. The maximum atomic E-state index is 12.9. The molecular weight excluding hydrogens is 1040 g/mol. The Balaban J connectivity index is 5.22. The Morgan fingerprint density at radius 1 is 0.346 bits per heavy atom. The molecule has 3 N–H and O–H groups in total. The van der Waals surface area contributed by atoms with Gasteiger partial charge in [-0.2, -0.15) is 0 Å². The molecule has 0 aromatic heterocycles. The van der Waals surface area contributed by atoms with Crippen molar-refractivity contribution in [1.29, 1.82) is 0 Å². The zero-order valence-electron chi connectivity index (χ0n) is 49.8. The lowest BCUT2D eigenvalue weighted by Crippen LogP contribution is -2.30. The largest absolute Gasteiger partial charge is 0.472 e. The van der Waals surface area contributed by atoms with E-state index in [9.17, 15) is 43.2 Å². The molecule has 2 unspecified atom stereocenters. The van der Waals surface area contributed by atoms with Crippen LogP contribution in [0.3, 0.4) is 0 Å². The van der Waals surface area contributed by atoms with E-state index in [1.165, 1.54) is 103 Å². The van der Waals surface area contributed by atoms with Crippen molar-refractivity contribution in [2.24, 2.45) is 5.92 Å². The Morgan fingerprint density at radius 2 is 0.590 bits per heavy atom. The highest BCUT2D eigenvalue weighted by Gasteiger charge is 2.30. The van der Waals surface area contributed by atoms with Gasteiger partial charge in [0.25, 0.3) is 0 Å². The third-order valence-corrected chi connectivity index (χ3v) is 15.4. The molecule has 78 heavy (non-hydrogen) atoms. The van der Waals surface area contributed by atoms with Crippen molar-refractivity contribution < 1.29 is 80.2 Å². The van der Waals surface area contributed by atoms with Gasteiger partial charge in [0.1, 0.15) is 19.3 Å². The zero-order valence-corrected chi connectivity index (χ0v) is 51.6. The number of carbonyl (C=O) groups excluding carboxylic acids is 4. The van der Waals surface area contributed by atoms with Crippen molar-refractivity contribution in [2.45, 2.75) is 310 Å². The Hall–Kier alpha value is -1.94. The van der Waals surface area contributed by atoms with Gasteiger partial charge in [-0.05, 0) is 31.6 Å². The van der Waals surface area contributed by atoms with Gasteiger partial charge in [-0.3, -0.25) is 37.3 Å². The first-order valence-corrected chi connectivity index (χ1v) is 34.1. The van der Waals surface area contributed by atoms with Crippen LogP contribution in [0.4, 0.5) is 0 Å². The van der Waals surface area contributed by atoms with E-state index in [1.807, 2.05) is 0 Å². The maximum absolute atomic E-state index is 12.9. The average molecular weight is 1160 g/mol. The van der Waals surface area contributed by atoms with Gasteiger partial charge in [-0.15, -0.1) is 0 Å². The van der Waals surface area contributed by atoms with Crippen LogP contribution < -0.4 is 0 Å². The smallest absolute Gasteiger partial charge is 0.462 e. The fourth-order valence-corrected chi connectivity index (χ4v) is 10.3. The monoisotopic (exact) mass is 1160 g/mol. The second-order valence-electron chi connectivity index (χ2n) is 21.9. The fraction of sp³-hybridized carbons (Fsp3) is 0.932. The molecule has 0 fully saturated rings. The number of ether oxygens (including phenoxy) is 4. The lowest BCUT2D eigenvalue weighted by atomic mass is 10.0. The number of hydrogen-bond acceptors (Lipinski definition) is 15. The van der Waals surface area contributed by atoms with Crippen LogP contribution in [0.25, 0.3) is 0 Å². The third-order valence-electron chi connectivity index (χ3n) is 13.5. The molecule has 0 aliphatic heterocycles. The SMILES string of the molecule is CCCCCCCCCCCCCC(=O)O[C@H](COC(=O)CCCCCCCCCC(C)C)COP(=O)(O)OC[C@@H](O)COP(=O)(O)OC[C@@H](COC(=O)CCCCCCCCCC)OC(=O)CCCCCCCCCCC. The number of carbonyl (C=O) groups is 4. The van der Waals surface area contributed by atoms with Crippen LogP contribution in [0.1, 0.15) is 291 Å². The lowest BCUT2D eigenvalue weighted by Gasteiger charge is -2.21. The van der Waals surface area contributed by atoms with E-state index >= 15 is 0 Å². The van der Waals surface area contributed by atoms with E-state index in [4.69, 9.17) is 37.0 Å². The summed E-state index contributed by atoms with van der Waals surface area (Å²) in [6.45, 7) is 7.05. The third kappa shape index (κ3) is 53.4. The number of aliphatic hydroxyl groups is 1. The van der Waals surface area contributed by atoms with Gasteiger partial charge in [-0.25, -0.2) is 9.13 Å². The molecule has 0 radical (unpaired) electrons. The summed E-state index contributed by atoms with van der Waals surface area (Å²) >= 11 is 0. The van der Waals surface area contributed by atoms with Crippen LogP contribution in [-0.2, 0) is 65.4 Å². The summed E-state index contributed by atoms with van der Waals surface area (Å²) in [6.07, 6.45) is 34.9. The topological polar surface area (TPSA) is 237 Å². The number of esters is 4. The van der Waals surface area contributed by atoms with Crippen molar-refractivity contribution >= 4 is 39.5 Å². The van der Waals surface area contributed by atoms with Crippen molar-refractivity contribution in [2.75, 3.05) is 39.6 Å². The minimum atomic E-state index is -4.94. The summed E-state index contributed by atoms with van der Waals surface area (Å²) in [5.41, 5.74) is 0. The van der Waals surface area contributed by atoms with Crippen LogP contribution >= 0.6 is 15.6 Å². The van der Waals surface area contributed by atoms with Crippen LogP contribution in [0, 0.1) is 5.92 Å². The Kier molecular flexibility index (Phi) is 51.8. The van der Waals surface area contributed by atoms with Crippen LogP contribution in [0.15, 0.2) is 0 Å². The summed E-state index contributed by atoms with van der Waals surface area (Å²) in [7, 11) is -9.87. The zero-order chi connectivity index (χ0) is 57.8. The fourth-order valence-electron chi connectivity index (χ4n) is 8.70. The Labute approximate surface area is 473 Å². The first kappa shape index (κ1) is 76.1. The highest BCUT2D eigenvalue weighted by atomic mass is 31.2. The highest BCUT2D eigenvalue weighted by molar-refractivity contribution is 7.47. The van der Waals surface area contributed by atoms with E-state index in [0.29, 0.717) is 31.6 Å². The standard InChI is InChI=1S/C59H114O17P2/c1-6-9-12-15-18-21-22-24-29-35-40-45-59(64)76-55(49-70-57(62)43-38-33-30-25-26-31-36-41-52(4)5)51-74-78(67,68)72-47-53(60)46-71-77(65,66)73-50-54(48-69-56(61)42-37-32-27-20-17-14-11-8-3)75-58(63)44-39-34-28-23-19-16-13-10-7-2/h52-55,60H,6-51H2,1-5H3,(H,65,66)(H,67,68)/t53-,54+,55+/m0/s1. The molecular formula is C59H114O17P2. The van der Waals surface area contributed by atoms with Crippen LogP contribution in [-0.4, -0.2) is 96.7 Å². The van der Waals surface area contributed by atoms with Gasteiger partial charge in [-0.1, -0.05) is 240 Å². The predicted molar refractivity (Wildman–Crippen MR) is 308 cm³/mol. The number of rotatable bonds is 59. The number of unbranched alkanes of at least 4 members (excludes halogenated alkanes) is 31. The molecule has 0 amide bonds. The molecule has 0 aromatic rings. The molecule has 19 heteroatoms. The van der Waals surface area contributed by atoms with Crippen molar-refractivity contribution in [3.05, 3.63) is 0 Å². The predicted octanol–water partition coefficient (Wildman–Crippen LogP) is 15.8. The first-order chi connectivity index (χ1) is 37.5. The summed E-state index contributed by atoms with van der Waals surface area (Å²) < 4.78 is 67.7. The van der Waals surface area contributed by atoms with Gasteiger partial charge in [0.05, 0.1) is 26.4 Å². The summed E-state index contributed by atoms with van der Waals surface area (Å²) in [5, 5.41) is 10.5. The van der Waals surface area contributed by atoms with Crippen LogP contribution in [0.5, 0.6) is 0 Å². The van der Waals surface area contributed by atoms with E-state index in [1.54, 1.807) is 0 Å². The highest BCUT2D eigenvalue weighted by Crippen LogP contribution is 2.45. The Bertz CT molecular complexity index is 1530. The molecule has 5 atom stereocenters. The normalized spacial score (nSPS) is 14.4. The van der Waals surface area contributed by atoms with E-state index in [-0.39, 0.29) is 25.7 Å². The molecule has 17 nitrogen and oxygen atoms in total. The van der Waals surface area contributed by atoms with E-state index in [2.05, 4.69) is 34.6 Å². The van der Waals surface area contributed by atoms with Gasteiger partial charge in [0.15, 0.2) is 12.2 Å². The minimum Gasteiger partial charge on any atom is -0.462 e. The second kappa shape index (κ2) is 53.1. The Morgan fingerprint density at radius 3 is 0.872 bits per heavy atom. The van der Waals surface area contributed by atoms with Crippen molar-refractivity contribution in [3.8, 4) is 0 Å².